The molecule has 2 atom stereocenters. The summed E-state index contributed by atoms with van der Waals surface area (Å²) in [5.74, 6) is -0.101. The highest BCUT2D eigenvalue weighted by Crippen LogP contribution is 2.17. The second-order valence-corrected chi connectivity index (χ2v) is 4.82. The number of carbonyl (C=O) groups is 1. The molecule has 0 heterocycles. The van der Waals surface area contributed by atoms with Crippen molar-refractivity contribution in [2.75, 3.05) is 0 Å². The zero-order valence-electron chi connectivity index (χ0n) is 11.1. The molecule has 0 aromatic heterocycles. The van der Waals surface area contributed by atoms with Crippen LogP contribution in [0.4, 0.5) is 0 Å². The molecule has 3 nitrogen and oxygen atoms in total. The van der Waals surface area contributed by atoms with E-state index in [1.54, 1.807) is 6.92 Å². The standard InChI is InChI=1S/C14H22N2O/c1-5-14(4,15)13(17)16-11(3)12-9-7-6-8-10(12)2/h6-9,11H,5,15H2,1-4H3,(H,16,17)/t11-,14?/m1/s1. The summed E-state index contributed by atoms with van der Waals surface area (Å²) in [4.78, 5) is 12.0. The van der Waals surface area contributed by atoms with Crippen molar-refractivity contribution in [1.29, 1.82) is 0 Å². The molecule has 3 N–H and O–H groups in total. The van der Waals surface area contributed by atoms with E-state index in [0.29, 0.717) is 6.42 Å². The molecule has 0 fully saturated rings. The van der Waals surface area contributed by atoms with E-state index in [0.717, 1.165) is 5.56 Å². The molecule has 0 radical (unpaired) electrons. The lowest BCUT2D eigenvalue weighted by Crippen LogP contribution is -2.51. The zero-order chi connectivity index (χ0) is 13.1. The average molecular weight is 234 g/mol. The maximum absolute atomic E-state index is 12.0. The molecule has 1 amide bonds. The highest BCUT2D eigenvalue weighted by molar-refractivity contribution is 5.85. The van der Waals surface area contributed by atoms with Gasteiger partial charge in [-0.1, -0.05) is 31.2 Å². The maximum atomic E-state index is 12.0. The third kappa shape index (κ3) is 3.30. The van der Waals surface area contributed by atoms with Gasteiger partial charge in [0.05, 0.1) is 11.6 Å². The van der Waals surface area contributed by atoms with Crippen LogP contribution in [0.3, 0.4) is 0 Å². The summed E-state index contributed by atoms with van der Waals surface area (Å²) in [6, 6.07) is 8.02. The topological polar surface area (TPSA) is 55.1 Å². The third-order valence-corrected chi connectivity index (χ3v) is 3.26. The number of rotatable bonds is 4. The molecule has 94 valence electrons. The molecule has 0 bridgehead atoms. The van der Waals surface area contributed by atoms with Crippen LogP contribution < -0.4 is 11.1 Å². The molecule has 1 aromatic rings. The predicted molar refractivity (Wildman–Crippen MR) is 70.6 cm³/mol. The van der Waals surface area contributed by atoms with Crippen LogP contribution in [0.25, 0.3) is 0 Å². The van der Waals surface area contributed by atoms with Crippen LogP contribution >= 0.6 is 0 Å². The molecular formula is C14H22N2O. The van der Waals surface area contributed by atoms with Gasteiger partial charge in [-0.15, -0.1) is 0 Å². The summed E-state index contributed by atoms with van der Waals surface area (Å²) < 4.78 is 0. The second kappa shape index (κ2) is 5.32. The fraction of sp³-hybridized carbons (Fsp3) is 0.500. The van der Waals surface area contributed by atoms with E-state index in [4.69, 9.17) is 5.73 Å². The molecule has 0 spiro atoms. The molecular weight excluding hydrogens is 212 g/mol. The fourth-order valence-electron chi connectivity index (χ4n) is 1.67. The Balaban J connectivity index is 2.77. The summed E-state index contributed by atoms with van der Waals surface area (Å²) in [7, 11) is 0. The van der Waals surface area contributed by atoms with Gasteiger partial charge < -0.3 is 11.1 Å². The molecule has 17 heavy (non-hydrogen) atoms. The Kier molecular flexibility index (Phi) is 4.29. The lowest BCUT2D eigenvalue weighted by molar-refractivity contribution is -0.126. The highest BCUT2D eigenvalue weighted by atomic mass is 16.2. The first-order valence-electron chi connectivity index (χ1n) is 6.04. The predicted octanol–water partition coefficient (Wildman–Crippen LogP) is 2.30. The minimum atomic E-state index is -0.795. The van der Waals surface area contributed by atoms with Crippen LogP contribution in [0.5, 0.6) is 0 Å². The third-order valence-electron chi connectivity index (χ3n) is 3.26. The van der Waals surface area contributed by atoms with E-state index in [1.807, 2.05) is 45.0 Å². The van der Waals surface area contributed by atoms with Gasteiger partial charge in [0.25, 0.3) is 0 Å². The van der Waals surface area contributed by atoms with Crippen molar-refractivity contribution in [1.82, 2.24) is 5.32 Å². The van der Waals surface area contributed by atoms with Crippen LogP contribution in [0.1, 0.15) is 44.4 Å². The number of nitrogens with one attached hydrogen (secondary N) is 1. The SMILES string of the molecule is CCC(C)(N)C(=O)N[C@H](C)c1ccccc1C. The van der Waals surface area contributed by atoms with Gasteiger partial charge in [-0.05, 0) is 38.3 Å². The Bertz CT molecular complexity index is 399. The number of carbonyl (C=O) groups excluding carboxylic acids is 1. The van der Waals surface area contributed by atoms with Crippen molar-refractivity contribution in [3.8, 4) is 0 Å². The van der Waals surface area contributed by atoms with Crippen molar-refractivity contribution < 1.29 is 4.79 Å². The summed E-state index contributed by atoms with van der Waals surface area (Å²) in [6.07, 6.45) is 0.624. The lowest BCUT2D eigenvalue weighted by Gasteiger charge is -2.25. The molecule has 0 aliphatic heterocycles. The van der Waals surface area contributed by atoms with Crippen LogP contribution in [-0.2, 0) is 4.79 Å². The molecule has 3 heteroatoms. The number of hydrogen-bond donors (Lipinski definition) is 2. The molecule has 0 saturated carbocycles. The van der Waals surface area contributed by atoms with Crippen molar-refractivity contribution in [3.63, 3.8) is 0 Å². The molecule has 1 rings (SSSR count). The van der Waals surface area contributed by atoms with Gasteiger partial charge in [0.15, 0.2) is 0 Å². The van der Waals surface area contributed by atoms with Crippen molar-refractivity contribution in [2.24, 2.45) is 5.73 Å². The average Bonchev–Trinajstić information content (AvgIpc) is 2.29. The van der Waals surface area contributed by atoms with Gasteiger partial charge in [-0.3, -0.25) is 4.79 Å². The van der Waals surface area contributed by atoms with Crippen LogP contribution in [-0.4, -0.2) is 11.4 Å². The van der Waals surface area contributed by atoms with Crippen LogP contribution in [0.2, 0.25) is 0 Å². The summed E-state index contributed by atoms with van der Waals surface area (Å²) in [5.41, 5.74) is 7.43. The number of hydrogen-bond acceptors (Lipinski definition) is 2. The Morgan fingerprint density at radius 1 is 1.47 bits per heavy atom. The van der Waals surface area contributed by atoms with E-state index < -0.39 is 5.54 Å². The van der Waals surface area contributed by atoms with Crippen LogP contribution in [0, 0.1) is 6.92 Å². The second-order valence-electron chi connectivity index (χ2n) is 4.82. The van der Waals surface area contributed by atoms with Gasteiger partial charge >= 0.3 is 0 Å². The lowest BCUT2D eigenvalue weighted by atomic mass is 9.97. The number of aryl methyl sites for hydroxylation is 1. The van der Waals surface area contributed by atoms with Gasteiger partial charge in [0, 0.05) is 0 Å². The van der Waals surface area contributed by atoms with Crippen LogP contribution in [0.15, 0.2) is 24.3 Å². The monoisotopic (exact) mass is 234 g/mol. The summed E-state index contributed by atoms with van der Waals surface area (Å²) in [6.45, 7) is 7.69. The van der Waals surface area contributed by atoms with Crippen molar-refractivity contribution in [2.45, 2.75) is 45.7 Å². The molecule has 0 saturated heterocycles. The van der Waals surface area contributed by atoms with Gasteiger partial charge in [-0.2, -0.15) is 0 Å². The Hall–Kier alpha value is -1.35. The maximum Gasteiger partial charge on any atom is 0.240 e. The van der Waals surface area contributed by atoms with Crippen molar-refractivity contribution in [3.05, 3.63) is 35.4 Å². The Morgan fingerprint density at radius 3 is 2.59 bits per heavy atom. The largest absolute Gasteiger partial charge is 0.348 e. The molecule has 1 aromatic carbocycles. The minimum Gasteiger partial charge on any atom is -0.348 e. The first-order valence-corrected chi connectivity index (χ1v) is 6.04. The van der Waals surface area contributed by atoms with E-state index in [9.17, 15) is 4.79 Å². The number of benzene rings is 1. The quantitative estimate of drug-likeness (QED) is 0.840. The summed E-state index contributed by atoms with van der Waals surface area (Å²) >= 11 is 0. The van der Waals surface area contributed by atoms with E-state index in [2.05, 4.69) is 5.32 Å². The minimum absolute atomic E-state index is 0.0156. The fourth-order valence-corrected chi connectivity index (χ4v) is 1.67. The first kappa shape index (κ1) is 13.7. The highest BCUT2D eigenvalue weighted by Gasteiger charge is 2.27. The first-order chi connectivity index (χ1) is 7.88. The van der Waals surface area contributed by atoms with E-state index >= 15 is 0 Å². The zero-order valence-corrected chi connectivity index (χ0v) is 11.1. The Labute approximate surface area is 103 Å². The smallest absolute Gasteiger partial charge is 0.240 e. The molecule has 0 aliphatic carbocycles. The van der Waals surface area contributed by atoms with E-state index in [1.165, 1.54) is 5.56 Å². The molecule has 0 aliphatic rings. The number of amides is 1. The van der Waals surface area contributed by atoms with Gasteiger partial charge in [0.1, 0.15) is 0 Å². The Morgan fingerprint density at radius 2 is 2.06 bits per heavy atom. The van der Waals surface area contributed by atoms with Crippen molar-refractivity contribution >= 4 is 5.91 Å². The normalized spacial score (nSPS) is 16.1. The number of nitrogens with two attached hydrogens (primary N) is 1. The van der Waals surface area contributed by atoms with E-state index in [-0.39, 0.29) is 11.9 Å². The molecule has 1 unspecified atom stereocenters. The summed E-state index contributed by atoms with van der Waals surface area (Å²) in [5, 5.41) is 2.96. The van der Waals surface area contributed by atoms with Gasteiger partial charge in [0.2, 0.25) is 5.91 Å². The van der Waals surface area contributed by atoms with Gasteiger partial charge in [-0.25, -0.2) is 0 Å².